The Morgan fingerprint density at radius 1 is 0.880 bits per heavy atom. The van der Waals surface area contributed by atoms with E-state index in [1.807, 2.05) is 0 Å². The van der Waals surface area contributed by atoms with Crippen LogP contribution < -0.4 is 27.2 Å². The number of hydrogen-bond acceptors (Lipinski definition) is 1. The minimum absolute atomic E-state index is 0.369. The van der Waals surface area contributed by atoms with E-state index in [-0.39, 0.29) is 0 Å². The van der Waals surface area contributed by atoms with Gasteiger partial charge in [0.15, 0.2) is 0 Å². The van der Waals surface area contributed by atoms with Crippen molar-refractivity contribution in [1.82, 2.24) is 0 Å². The highest BCUT2D eigenvalue weighted by Gasteiger charge is 2.43. The van der Waals surface area contributed by atoms with Crippen LogP contribution in [-0.4, -0.2) is 37.4 Å². The molecule has 25 heavy (non-hydrogen) atoms. The molecule has 2 bridgehead atoms. The molecule has 2 atom stereocenters. The van der Waals surface area contributed by atoms with Crippen molar-refractivity contribution in [3.8, 4) is 0 Å². The first-order chi connectivity index (χ1) is 11.6. The maximum absolute atomic E-state index is 3.71. The predicted octanol–water partition coefficient (Wildman–Crippen LogP) is -1.36. The molecule has 0 heterocycles. The third-order valence-electron chi connectivity index (χ3n) is 7.28. The van der Waals surface area contributed by atoms with Crippen molar-refractivity contribution in [3.05, 3.63) is 5.56 Å². The fraction of sp³-hybridized carbons (Fsp3) is 0.700. The van der Waals surface area contributed by atoms with Crippen LogP contribution in [-0.2, 0) is 5.41 Å². The predicted molar refractivity (Wildman–Crippen MR) is 124 cm³/mol. The molecule has 0 aromatic heterocycles. The molecule has 2 aliphatic carbocycles. The summed E-state index contributed by atoms with van der Waals surface area (Å²) in [6, 6.07) is 0.480. The summed E-state index contributed by atoms with van der Waals surface area (Å²) in [6.45, 7) is 9.52. The van der Waals surface area contributed by atoms with Crippen LogP contribution in [0.15, 0.2) is 0 Å². The maximum atomic E-state index is 3.71. The number of hydrogen-bond donors (Lipinski definition) is 1. The van der Waals surface area contributed by atoms with Crippen LogP contribution in [0.3, 0.4) is 0 Å². The minimum atomic E-state index is 0.369. The van der Waals surface area contributed by atoms with Crippen LogP contribution in [0, 0.1) is 17.8 Å². The summed E-state index contributed by atoms with van der Waals surface area (Å²) >= 11 is 0. The van der Waals surface area contributed by atoms with Crippen molar-refractivity contribution < 1.29 is 0 Å². The summed E-state index contributed by atoms with van der Waals surface area (Å²) in [4.78, 5) is 0. The van der Waals surface area contributed by atoms with Crippen molar-refractivity contribution in [2.45, 2.75) is 71.3 Å². The Labute approximate surface area is 159 Å². The molecule has 1 nitrogen and oxygen atoms in total. The van der Waals surface area contributed by atoms with Gasteiger partial charge >= 0.3 is 0 Å². The SMILES string of the molecule is Bc1c(B)c(C2(C)CC3CC(C)CC(C3)C2)c(B)c(B)c1NC(C)C. The third-order valence-corrected chi connectivity index (χ3v) is 7.28. The second-order valence-electron chi connectivity index (χ2n) is 10.1. The fourth-order valence-corrected chi connectivity index (χ4v) is 6.52. The molecule has 0 saturated heterocycles. The summed E-state index contributed by atoms with van der Waals surface area (Å²) in [6.07, 6.45) is 7.18. The van der Waals surface area contributed by atoms with E-state index < -0.39 is 0 Å². The smallest absolute Gasteiger partial charge is 0.141 e. The second kappa shape index (κ2) is 6.78. The van der Waals surface area contributed by atoms with Crippen molar-refractivity contribution in [3.63, 3.8) is 0 Å². The molecule has 2 aliphatic rings. The van der Waals surface area contributed by atoms with E-state index in [1.54, 1.807) is 16.5 Å². The van der Waals surface area contributed by atoms with Crippen LogP contribution in [0.5, 0.6) is 0 Å². The van der Waals surface area contributed by atoms with Gasteiger partial charge in [0.2, 0.25) is 0 Å². The van der Waals surface area contributed by atoms with Gasteiger partial charge in [-0.3, -0.25) is 0 Å². The molecule has 0 radical (unpaired) electrons. The van der Waals surface area contributed by atoms with Crippen molar-refractivity contribution >= 4 is 58.9 Å². The van der Waals surface area contributed by atoms with Gasteiger partial charge in [-0.1, -0.05) is 41.3 Å². The van der Waals surface area contributed by atoms with Crippen LogP contribution in [0.25, 0.3) is 0 Å². The molecular formula is C20H35B4N. The molecule has 0 aliphatic heterocycles. The lowest BCUT2D eigenvalue weighted by Crippen LogP contribution is -2.53. The molecule has 0 amide bonds. The van der Waals surface area contributed by atoms with E-state index in [2.05, 4.69) is 64.4 Å². The number of rotatable bonds is 3. The van der Waals surface area contributed by atoms with Gasteiger partial charge in [0.05, 0.1) is 0 Å². The van der Waals surface area contributed by atoms with E-state index >= 15 is 0 Å². The highest BCUT2D eigenvalue weighted by molar-refractivity contribution is 6.60. The highest BCUT2D eigenvalue weighted by Crippen LogP contribution is 2.50. The topological polar surface area (TPSA) is 12.0 Å². The Morgan fingerprint density at radius 2 is 1.36 bits per heavy atom. The molecule has 2 saturated carbocycles. The molecular weight excluding hydrogens is 297 g/mol. The third kappa shape index (κ3) is 3.45. The summed E-state index contributed by atoms with van der Waals surface area (Å²) in [7, 11) is 9.40. The lowest BCUT2D eigenvalue weighted by molar-refractivity contribution is 0.0908. The molecule has 1 aromatic carbocycles. The Kier molecular flexibility index (Phi) is 5.17. The largest absolute Gasteiger partial charge is 0.384 e. The van der Waals surface area contributed by atoms with Gasteiger partial charge in [-0.15, -0.1) is 0 Å². The maximum Gasteiger partial charge on any atom is 0.141 e. The molecule has 2 unspecified atom stereocenters. The van der Waals surface area contributed by atoms with Crippen molar-refractivity contribution in [1.29, 1.82) is 0 Å². The number of benzene rings is 1. The normalized spacial score (nSPS) is 32.0. The van der Waals surface area contributed by atoms with Gasteiger partial charge in [0.1, 0.15) is 31.4 Å². The first kappa shape index (κ1) is 19.1. The molecule has 5 heteroatoms. The van der Waals surface area contributed by atoms with E-state index in [1.165, 1.54) is 48.7 Å². The standard InChI is InChI=1S/C20H35B4N/c1-10(2)25-19-17(23)15(21)14(16(22)18(19)24)20(4)8-12-5-11(3)6-13(7-12)9-20/h10-13,25H,5-9,21-24H2,1-4H3. The van der Waals surface area contributed by atoms with Crippen molar-refractivity contribution in [2.24, 2.45) is 17.8 Å². The van der Waals surface area contributed by atoms with E-state index in [0.717, 1.165) is 17.8 Å². The zero-order valence-corrected chi connectivity index (χ0v) is 17.8. The average Bonchev–Trinajstić information content (AvgIpc) is 2.48. The Balaban J connectivity index is 2.05. The average molecular weight is 333 g/mol. The van der Waals surface area contributed by atoms with E-state index in [0.29, 0.717) is 11.5 Å². The molecule has 2 fully saturated rings. The van der Waals surface area contributed by atoms with Crippen LogP contribution >= 0.6 is 0 Å². The van der Waals surface area contributed by atoms with Gasteiger partial charge < -0.3 is 5.32 Å². The lowest BCUT2D eigenvalue weighted by atomic mass is 9.52. The number of anilines is 1. The zero-order chi connectivity index (χ0) is 18.5. The summed E-state index contributed by atoms with van der Waals surface area (Å²) in [5.41, 5.74) is 9.45. The Morgan fingerprint density at radius 3 is 1.80 bits per heavy atom. The zero-order valence-electron chi connectivity index (χ0n) is 17.8. The summed E-state index contributed by atoms with van der Waals surface area (Å²) in [5.74, 6) is 2.83. The van der Waals surface area contributed by atoms with Gasteiger partial charge in [-0.2, -0.15) is 0 Å². The van der Waals surface area contributed by atoms with Crippen LogP contribution in [0.4, 0.5) is 5.69 Å². The van der Waals surface area contributed by atoms with Gasteiger partial charge in [0.25, 0.3) is 0 Å². The Hall–Kier alpha value is -0.720. The summed E-state index contributed by atoms with van der Waals surface area (Å²) < 4.78 is 0. The molecule has 0 spiro atoms. The highest BCUT2D eigenvalue weighted by atomic mass is 14.9. The van der Waals surface area contributed by atoms with Crippen LogP contribution in [0.2, 0.25) is 0 Å². The first-order valence-electron chi connectivity index (χ1n) is 10.5. The fourth-order valence-electron chi connectivity index (χ4n) is 6.52. The lowest BCUT2D eigenvalue weighted by Gasteiger charge is -2.49. The Bertz CT molecular complexity index is 623. The van der Waals surface area contributed by atoms with Crippen molar-refractivity contribution in [2.75, 3.05) is 5.32 Å². The van der Waals surface area contributed by atoms with Gasteiger partial charge in [-0.05, 0) is 69.1 Å². The molecule has 1 aromatic rings. The van der Waals surface area contributed by atoms with Gasteiger partial charge in [0, 0.05) is 11.7 Å². The quantitative estimate of drug-likeness (QED) is 0.675. The molecule has 1 N–H and O–H groups in total. The summed E-state index contributed by atoms with van der Waals surface area (Å²) in [5, 5.41) is 3.71. The first-order valence-corrected chi connectivity index (χ1v) is 10.5. The number of fused-ring (bicyclic) bond motifs is 2. The second-order valence-corrected chi connectivity index (χ2v) is 10.1. The van der Waals surface area contributed by atoms with E-state index in [9.17, 15) is 0 Å². The molecule has 3 rings (SSSR count). The monoisotopic (exact) mass is 333 g/mol. The van der Waals surface area contributed by atoms with E-state index in [4.69, 9.17) is 0 Å². The van der Waals surface area contributed by atoms with Gasteiger partial charge in [-0.25, -0.2) is 0 Å². The minimum Gasteiger partial charge on any atom is -0.384 e. The number of nitrogens with one attached hydrogen (secondary N) is 1. The molecule has 132 valence electrons. The van der Waals surface area contributed by atoms with Crippen LogP contribution in [0.1, 0.15) is 65.4 Å².